The zero-order valence-corrected chi connectivity index (χ0v) is 8.29. The molecule has 0 radical (unpaired) electrons. The second-order valence-corrected chi connectivity index (χ2v) is 4.38. The summed E-state index contributed by atoms with van der Waals surface area (Å²) in [6, 6.07) is 1.93. The van der Waals surface area contributed by atoms with Crippen molar-refractivity contribution in [2.75, 3.05) is 6.61 Å². The van der Waals surface area contributed by atoms with Crippen LogP contribution in [0.15, 0.2) is 0 Å². The van der Waals surface area contributed by atoms with Crippen molar-refractivity contribution in [3.05, 3.63) is 0 Å². The number of ketones is 1. The van der Waals surface area contributed by atoms with E-state index < -0.39 is 0 Å². The summed E-state index contributed by atoms with van der Waals surface area (Å²) in [4.78, 5) is 11.5. The van der Waals surface area contributed by atoms with Gasteiger partial charge in [-0.3, -0.25) is 4.79 Å². The fourth-order valence-corrected chi connectivity index (χ4v) is 2.70. The normalized spacial score (nSPS) is 36.1. The molecule has 0 bridgehead atoms. The summed E-state index contributed by atoms with van der Waals surface area (Å²) < 4.78 is 5.72. The van der Waals surface area contributed by atoms with E-state index in [4.69, 9.17) is 10.00 Å². The molecule has 1 aliphatic heterocycles. The Morgan fingerprint density at radius 1 is 1.57 bits per heavy atom. The maximum absolute atomic E-state index is 11.5. The number of carbonyl (C=O) groups excluding carboxylic acids is 1. The first-order chi connectivity index (χ1) is 6.76. The van der Waals surface area contributed by atoms with Gasteiger partial charge in [0.15, 0.2) is 0 Å². The number of nitriles is 1. The molecule has 1 aliphatic carbocycles. The van der Waals surface area contributed by atoms with E-state index in [2.05, 4.69) is 0 Å². The summed E-state index contributed by atoms with van der Waals surface area (Å²) in [6.45, 7) is 0.846. The van der Waals surface area contributed by atoms with Gasteiger partial charge in [-0.25, -0.2) is 0 Å². The highest BCUT2D eigenvalue weighted by Crippen LogP contribution is 2.44. The molecule has 0 N–H and O–H groups in total. The Bertz CT molecular complexity index is 274. The lowest BCUT2D eigenvalue weighted by Gasteiger charge is -2.21. The molecule has 3 nitrogen and oxygen atoms in total. The van der Waals surface area contributed by atoms with E-state index in [1.54, 1.807) is 0 Å². The third kappa shape index (κ3) is 1.67. The largest absolute Gasteiger partial charge is 0.375 e. The smallest absolute Gasteiger partial charge is 0.150 e. The molecule has 0 aromatic heterocycles. The fraction of sp³-hybridized carbons (Fsp3) is 0.818. The van der Waals surface area contributed by atoms with Gasteiger partial charge in [0.25, 0.3) is 0 Å². The van der Waals surface area contributed by atoms with Crippen molar-refractivity contribution in [3.8, 4) is 6.07 Å². The molecule has 2 aliphatic rings. The Hall–Kier alpha value is -0.880. The van der Waals surface area contributed by atoms with Crippen molar-refractivity contribution in [2.45, 2.75) is 44.1 Å². The van der Waals surface area contributed by atoms with Crippen molar-refractivity contribution in [1.29, 1.82) is 5.26 Å². The van der Waals surface area contributed by atoms with Gasteiger partial charge in [0, 0.05) is 12.5 Å². The van der Waals surface area contributed by atoms with E-state index in [1.165, 1.54) is 0 Å². The van der Waals surface area contributed by atoms with Gasteiger partial charge >= 0.3 is 0 Å². The first kappa shape index (κ1) is 9.67. The number of hydrogen-bond acceptors (Lipinski definition) is 3. The predicted octanol–water partition coefficient (Wildman–Crippen LogP) is 1.82. The second-order valence-electron chi connectivity index (χ2n) is 4.38. The molecule has 14 heavy (non-hydrogen) atoms. The second kappa shape index (κ2) is 3.70. The highest BCUT2D eigenvalue weighted by molar-refractivity contribution is 5.83. The Morgan fingerprint density at radius 2 is 2.43 bits per heavy atom. The number of nitrogens with zero attached hydrogens (tertiary/aromatic N) is 1. The molecular formula is C11H15NO2. The Labute approximate surface area is 84.0 Å². The number of carbonyl (C=O) groups is 1. The molecule has 1 saturated carbocycles. The highest BCUT2D eigenvalue weighted by Gasteiger charge is 2.44. The molecule has 2 rings (SSSR count). The van der Waals surface area contributed by atoms with Crippen LogP contribution in [0.1, 0.15) is 38.5 Å². The molecule has 0 amide bonds. The molecular weight excluding hydrogens is 178 g/mol. The van der Waals surface area contributed by atoms with Gasteiger partial charge < -0.3 is 4.74 Å². The zero-order valence-electron chi connectivity index (χ0n) is 8.29. The van der Waals surface area contributed by atoms with Gasteiger partial charge in [0.1, 0.15) is 5.78 Å². The quantitative estimate of drug-likeness (QED) is 0.672. The summed E-state index contributed by atoms with van der Waals surface area (Å²) in [5, 5.41) is 8.45. The van der Waals surface area contributed by atoms with Crippen LogP contribution in [0.5, 0.6) is 0 Å². The van der Waals surface area contributed by atoms with E-state index >= 15 is 0 Å². The number of rotatable bonds is 2. The van der Waals surface area contributed by atoms with Crippen molar-refractivity contribution >= 4 is 5.78 Å². The fourth-order valence-electron chi connectivity index (χ4n) is 2.70. The van der Waals surface area contributed by atoms with Crippen LogP contribution >= 0.6 is 0 Å². The summed E-state index contributed by atoms with van der Waals surface area (Å²) in [5.41, 5.74) is 0.00970. The van der Waals surface area contributed by atoms with E-state index in [1.807, 2.05) is 6.07 Å². The molecule has 1 spiro atoms. The van der Waals surface area contributed by atoms with Gasteiger partial charge in [-0.15, -0.1) is 0 Å². The maximum Gasteiger partial charge on any atom is 0.150 e. The highest BCUT2D eigenvalue weighted by atomic mass is 16.5. The SMILES string of the molecule is N#CCC(=O)C1CCC2(CCCO2)C1. The minimum atomic E-state index is 0.00970. The van der Waals surface area contributed by atoms with E-state index in [9.17, 15) is 4.79 Å². The third-order valence-corrected chi connectivity index (χ3v) is 3.46. The average Bonchev–Trinajstić information content (AvgIpc) is 2.78. The van der Waals surface area contributed by atoms with Crippen LogP contribution in [0.25, 0.3) is 0 Å². The lowest BCUT2D eigenvalue weighted by atomic mass is 9.94. The molecule has 1 saturated heterocycles. The molecule has 1 heterocycles. The number of Topliss-reactive ketones (excluding diaryl/α,β-unsaturated/α-hetero) is 1. The van der Waals surface area contributed by atoms with Gasteiger partial charge in [-0.1, -0.05) is 0 Å². The summed E-state index contributed by atoms with van der Waals surface area (Å²) in [6.07, 6.45) is 5.08. The third-order valence-electron chi connectivity index (χ3n) is 3.46. The molecule has 2 atom stereocenters. The van der Waals surface area contributed by atoms with Crippen molar-refractivity contribution in [3.63, 3.8) is 0 Å². The lowest BCUT2D eigenvalue weighted by Crippen LogP contribution is -2.24. The van der Waals surface area contributed by atoms with E-state index in [0.717, 1.165) is 38.7 Å². The summed E-state index contributed by atoms with van der Waals surface area (Å²) in [5.74, 6) is 0.202. The van der Waals surface area contributed by atoms with Crippen molar-refractivity contribution < 1.29 is 9.53 Å². The Morgan fingerprint density at radius 3 is 3.07 bits per heavy atom. The van der Waals surface area contributed by atoms with Crippen LogP contribution in [0.2, 0.25) is 0 Å². The lowest BCUT2D eigenvalue weighted by molar-refractivity contribution is -0.122. The Kier molecular flexibility index (Phi) is 2.56. The number of hydrogen-bond donors (Lipinski definition) is 0. The van der Waals surface area contributed by atoms with Crippen LogP contribution in [0.4, 0.5) is 0 Å². The standard InChI is InChI=1S/C11H15NO2/c12-6-3-10(13)9-2-5-11(8-9)4-1-7-14-11/h9H,1-5,7-8H2. The van der Waals surface area contributed by atoms with Gasteiger partial charge in [0.2, 0.25) is 0 Å². The summed E-state index contributed by atoms with van der Waals surface area (Å²) in [7, 11) is 0. The van der Waals surface area contributed by atoms with Crippen LogP contribution in [0, 0.1) is 17.2 Å². The zero-order chi connectivity index (χ0) is 10.0. The average molecular weight is 193 g/mol. The van der Waals surface area contributed by atoms with E-state index in [-0.39, 0.29) is 23.7 Å². The van der Waals surface area contributed by atoms with Crippen molar-refractivity contribution in [1.82, 2.24) is 0 Å². The molecule has 2 fully saturated rings. The summed E-state index contributed by atoms with van der Waals surface area (Å²) >= 11 is 0. The first-order valence-corrected chi connectivity index (χ1v) is 5.29. The molecule has 0 aromatic carbocycles. The molecule has 2 unspecified atom stereocenters. The van der Waals surface area contributed by atoms with E-state index in [0.29, 0.717) is 0 Å². The van der Waals surface area contributed by atoms with Crippen LogP contribution < -0.4 is 0 Å². The van der Waals surface area contributed by atoms with Crippen LogP contribution in [-0.4, -0.2) is 18.0 Å². The van der Waals surface area contributed by atoms with Crippen LogP contribution in [-0.2, 0) is 9.53 Å². The predicted molar refractivity (Wildman–Crippen MR) is 50.5 cm³/mol. The maximum atomic E-state index is 11.5. The molecule has 76 valence electrons. The minimum Gasteiger partial charge on any atom is -0.375 e. The molecule has 3 heteroatoms. The molecule has 0 aromatic rings. The van der Waals surface area contributed by atoms with Gasteiger partial charge in [-0.2, -0.15) is 5.26 Å². The minimum absolute atomic E-state index is 0.00970. The topological polar surface area (TPSA) is 50.1 Å². The number of ether oxygens (including phenoxy) is 1. The Balaban J connectivity index is 1.94. The van der Waals surface area contributed by atoms with Crippen LogP contribution in [0.3, 0.4) is 0 Å². The van der Waals surface area contributed by atoms with Gasteiger partial charge in [-0.05, 0) is 32.1 Å². The van der Waals surface area contributed by atoms with Crippen molar-refractivity contribution in [2.24, 2.45) is 5.92 Å². The monoisotopic (exact) mass is 193 g/mol. The van der Waals surface area contributed by atoms with Gasteiger partial charge in [0.05, 0.1) is 18.1 Å². The first-order valence-electron chi connectivity index (χ1n) is 5.29.